The van der Waals surface area contributed by atoms with Gasteiger partial charge >= 0.3 is 0 Å². The summed E-state index contributed by atoms with van der Waals surface area (Å²) in [5, 5.41) is 0.361. The normalized spacial score (nSPS) is 12.0. The van der Waals surface area contributed by atoms with Gasteiger partial charge in [-0.05, 0) is 66.6 Å². The zero-order valence-corrected chi connectivity index (χ0v) is 23.4. The van der Waals surface area contributed by atoms with E-state index in [0.29, 0.717) is 25.5 Å². The summed E-state index contributed by atoms with van der Waals surface area (Å²) < 4.78 is 56.0. The molecule has 0 unspecified atom stereocenters. The van der Waals surface area contributed by atoms with E-state index in [1.54, 1.807) is 36.7 Å². The molecule has 0 amide bonds. The highest BCUT2D eigenvalue weighted by molar-refractivity contribution is 7.07. The molecular weight excluding hydrogens is 577 g/mol. The summed E-state index contributed by atoms with van der Waals surface area (Å²) >= 11 is 7.68. The van der Waals surface area contributed by atoms with E-state index in [1.165, 1.54) is 29.5 Å². The molecule has 2 heterocycles. The van der Waals surface area contributed by atoms with E-state index in [0.717, 1.165) is 29.3 Å². The van der Waals surface area contributed by atoms with Crippen molar-refractivity contribution in [2.24, 2.45) is 7.05 Å². The van der Waals surface area contributed by atoms with Crippen molar-refractivity contribution in [1.29, 1.82) is 0 Å². The molecule has 11 heteroatoms. The predicted octanol–water partition coefficient (Wildman–Crippen LogP) is 5.11. The number of nitrogens with one attached hydrogen (secondary N) is 1. The fourth-order valence-corrected chi connectivity index (χ4v) is 5.53. The lowest BCUT2D eigenvalue weighted by Crippen LogP contribution is -2.22. The number of fused-ring (bicyclic) bond motifs is 1. The van der Waals surface area contributed by atoms with Gasteiger partial charge in [0.25, 0.3) is 5.56 Å². The molecule has 0 atom stereocenters. The van der Waals surface area contributed by atoms with E-state index in [1.807, 2.05) is 0 Å². The lowest BCUT2D eigenvalue weighted by molar-refractivity contribution is 0.216. The number of ether oxygens (including phenoxy) is 2. The standard InChI is InChI=1S/C30H22ClF3N2O4S/c1-15(29-30(38)35-16(2)41-29)17-5-9-25(21(31)12-17)39-10-11-40-28-26(18-4-7-22(33)23(34)13-18)36(3)24-8-6-19(32)14-20(24)27(28)37/h4-9,12-14H,2,10-11H2,1,3H3,(H,35,38)/b29-15+. The van der Waals surface area contributed by atoms with Gasteiger partial charge in [0.2, 0.25) is 5.43 Å². The van der Waals surface area contributed by atoms with Gasteiger partial charge < -0.3 is 19.0 Å². The van der Waals surface area contributed by atoms with E-state index in [9.17, 15) is 22.8 Å². The van der Waals surface area contributed by atoms with Crippen molar-refractivity contribution in [3.63, 3.8) is 0 Å². The molecule has 5 aromatic rings. The first kappa shape index (κ1) is 28.3. The Bertz CT molecular complexity index is 2050. The molecule has 0 spiro atoms. The Kier molecular flexibility index (Phi) is 7.79. The van der Waals surface area contributed by atoms with E-state index in [4.69, 9.17) is 21.1 Å². The average Bonchev–Trinajstić information content (AvgIpc) is 3.28. The van der Waals surface area contributed by atoms with Crippen LogP contribution >= 0.6 is 22.9 Å². The molecule has 0 fully saturated rings. The lowest BCUT2D eigenvalue weighted by atomic mass is 10.1. The number of H-pyrrole nitrogens is 1. The Morgan fingerprint density at radius 2 is 1.76 bits per heavy atom. The zero-order chi connectivity index (χ0) is 29.4. The summed E-state index contributed by atoms with van der Waals surface area (Å²) in [5.74, 6) is -2.56. The highest BCUT2D eigenvalue weighted by atomic mass is 35.5. The van der Waals surface area contributed by atoms with Gasteiger partial charge in [0, 0.05) is 12.6 Å². The Labute approximate surface area is 240 Å². The van der Waals surface area contributed by atoms with Gasteiger partial charge in [0.05, 0.1) is 30.8 Å². The number of pyridine rings is 1. The smallest absolute Gasteiger partial charge is 0.266 e. The minimum Gasteiger partial charge on any atom is -0.488 e. The minimum atomic E-state index is -1.09. The fourth-order valence-electron chi connectivity index (χ4n) is 4.49. The third-order valence-electron chi connectivity index (χ3n) is 6.49. The molecule has 6 nitrogen and oxygen atoms in total. The molecule has 0 bridgehead atoms. The summed E-state index contributed by atoms with van der Waals surface area (Å²) in [6.45, 7) is 5.41. The van der Waals surface area contributed by atoms with Crippen LogP contribution in [0.2, 0.25) is 5.02 Å². The largest absolute Gasteiger partial charge is 0.488 e. The SMILES string of the molecule is C=c1[nH]c(=O)/c(=C(/C)c2ccc(OCCOc3c(-c4ccc(F)c(F)c4)n(C)c4ccc(F)cc4c3=O)c(Cl)c2)s1. The van der Waals surface area contributed by atoms with Crippen molar-refractivity contribution in [3.8, 4) is 22.8 Å². The highest BCUT2D eigenvalue weighted by Crippen LogP contribution is 2.32. The molecular formula is C30H22ClF3N2O4S. The molecule has 0 aliphatic heterocycles. The number of halogens is 4. The molecule has 0 saturated heterocycles. The van der Waals surface area contributed by atoms with Crippen molar-refractivity contribution in [3.05, 3.63) is 112 Å². The first-order chi connectivity index (χ1) is 19.5. The topological polar surface area (TPSA) is 73.3 Å². The van der Waals surface area contributed by atoms with Crippen LogP contribution < -0.4 is 29.7 Å². The van der Waals surface area contributed by atoms with Crippen LogP contribution in [0.25, 0.3) is 34.3 Å². The molecule has 0 aliphatic carbocycles. The Balaban J connectivity index is 1.42. The second-order valence-electron chi connectivity index (χ2n) is 9.13. The molecule has 210 valence electrons. The third-order valence-corrected chi connectivity index (χ3v) is 7.83. The number of aromatic nitrogens is 2. The van der Waals surface area contributed by atoms with Crippen LogP contribution in [-0.4, -0.2) is 22.8 Å². The van der Waals surface area contributed by atoms with Crippen LogP contribution in [0.1, 0.15) is 12.5 Å². The number of hydrogen-bond acceptors (Lipinski definition) is 5. The number of thiazole rings is 1. The molecule has 0 radical (unpaired) electrons. The van der Waals surface area contributed by atoms with Gasteiger partial charge in [-0.25, -0.2) is 13.2 Å². The predicted molar refractivity (Wildman–Crippen MR) is 155 cm³/mol. The number of nitrogens with zero attached hydrogens (tertiary/aromatic N) is 1. The minimum absolute atomic E-state index is 0.0290. The van der Waals surface area contributed by atoms with Crippen LogP contribution in [0.4, 0.5) is 13.2 Å². The van der Waals surface area contributed by atoms with Crippen LogP contribution in [0.15, 0.2) is 64.2 Å². The molecule has 0 saturated carbocycles. The maximum Gasteiger partial charge on any atom is 0.266 e. The summed E-state index contributed by atoms with van der Waals surface area (Å²) in [6, 6.07) is 12.1. The van der Waals surface area contributed by atoms with Gasteiger partial charge in [-0.1, -0.05) is 24.2 Å². The number of aromatic amines is 1. The number of aryl methyl sites for hydroxylation is 1. The van der Waals surface area contributed by atoms with E-state index < -0.39 is 22.9 Å². The van der Waals surface area contributed by atoms with Crippen molar-refractivity contribution < 1.29 is 22.6 Å². The fraction of sp³-hybridized carbons (Fsp3) is 0.133. The van der Waals surface area contributed by atoms with Crippen molar-refractivity contribution in [2.75, 3.05) is 13.2 Å². The van der Waals surface area contributed by atoms with E-state index >= 15 is 0 Å². The van der Waals surface area contributed by atoms with Gasteiger partial charge in [-0.15, -0.1) is 11.3 Å². The van der Waals surface area contributed by atoms with Crippen LogP contribution in [-0.2, 0) is 7.05 Å². The average molecular weight is 599 g/mol. The van der Waals surface area contributed by atoms with Crippen molar-refractivity contribution >= 4 is 46.0 Å². The van der Waals surface area contributed by atoms with Gasteiger partial charge in [0.1, 0.15) is 24.8 Å². The highest BCUT2D eigenvalue weighted by Gasteiger charge is 2.20. The summed E-state index contributed by atoms with van der Waals surface area (Å²) in [6.07, 6.45) is 0. The number of rotatable bonds is 7. The number of hydrogen-bond donors (Lipinski definition) is 1. The van der Waals surface area contributed by atoms with Crippen molar-refractivity contribution in [2.45, 2.75) is 6.92 Å². The first-order valence-corrected chi connectivity index (χ1v) is 13.5. The summed E-state index contributed by atoms with van der Waals surface area (Å²) in [5.41, 5.74) is 1.40. The maximum absolute atomic E-state index is 14.1. The van der Waals surface area contributed by atoms with Gasteiger partial charge in [0.15, 0.2) is 17.4 Å². The second kappa shape index (κ2) is 11.3. The molecule has 1 N–H and O–H groups in total. The van der Waals surface area contributed by atoms with Crippen molar-refractivity contribution in [1.82, 2.24) is 9.55 Å². The Hall–Kier alpha value is -4.28. The first-order valence-electron chi connectivity index (χ1n) is 12.3. The van der Waals surface area contributed by atoms with Crippen LogP contribution in [0.5, 0.6) is 11.5 Å². The lowest BCUT2D eigenvalue weighted by Gasteiger charge is -2.18. The quantitative estimate of drug-likeness (QED) is 0.264. The van der Waals surface area contributed by atoms with Gasteiger partial charge in [-0.3, -0.25) is 9.59 Å². The second-order valence-corrected chi connectivity index (χ2v) is 10.6. The summed E-state index contributed by atoms with van der Waals surface area (Å²) in [4.78, 5) is 28.2. The maximum atomic E-state index is 14.1. The van der Waals surface area contributed by atoms with Crippen LogP contribution in [0.3, 0.4) is 0 Å². The third kappa shape index (κ3) is 5.53. The van der Waals surface area contributed by atoms with E-state index in [-0.39, 0.29) is 41.2 Å². The number of benzene rings is 3. The molecule has 5 rings (SSSR count). The van der Waals surface area contributed by atoms with Gasteiger partial charge in [-0.2, -0.15) is 0 Å². The van der Waals surface area contributed by atoms with Crippen LogP contribution in [0, 0.1) is 17.5 Å². The molecule has 2 aromatic heterocycles. The Morgan fingerprint density at radius 1 is 1.00 bits per heavy atom. The molecule has 0 aliphatic rings. The Morgan fingerprint density at radius 3 is 2.44 bits per heavy atom. The monoisotopic (exact) mass is 598 g/mol. The molecule has 41 heavy (non-hydrogen) atoms. The van der Waals surface area contributed by atoms with E-state index in [2.05, 4.69) is 11.6 Å². The summed E-state index contributed by atoms with van der Waals surface area (Å²) in [7, 11) is 1.61. The molecule has 3 aromatic carbocycles. The zero-order valence-electron chi connectivity index (χ0n) is 21.8.